The number of aromatic amines is 1. The van der Waals surface area contributed by atoms with Gasteiger partial charge in [-0.05, 0) is 28.8 Å². The molecule has 1 saturated heterocycles. The normalized spacial score (nSPS) is 21.4. The van der Waals surface area contributed by atoms with E-state index in [0.29, 0.717) is 11.3 Å². The molecule has 3 aromatic carbocycles. The van der Waals surface area contributed by atoms with Gasteiger partial charge in [-0.2, -0.15) is 0 Å². The molecular formula is C29H28N2O7. The summed E-state index contributed by atoms with van der Waals surface area (Å²) in [6, 6.07) is 27.3. The minimum Gasteiger partial charge on any atom is -0.497 e. The van der Waals surface area contributed by atoms with Crippen molar-refractivity contribution in [1.29, 1.82) is 0 Å². The predicted octanol–water partition coefficient (Wildman–Crippen LogP) is 1.54. The third kappa shape index (κ3) is 4.15. The lowest BCUT2D eigenvalue weighted by Gasteiger charge is -2.39. The Labute approximate surface area is 218 Å². The zero-order valence-electron chi connectivity index (χ0n) is 20.6. The first-order valence-corrected chi connectivity index (χ1v) is 12.2. The van der Waals surface area contributed by atoms with Gasteiger partial charge in [0, 0.05) is 6.07 Å². The van der Waals surface area contributed by atoms with E-state index in [9.17, 15) is 24.9 Å². The van der Waals surface area contributed by atoms with Crippen molar-refractivity contribution in [2.45, 2.75) is 30.0 Å². The highest BCUT2D eigenvalue weighted by molar-refractivity contribution is 5.58. The first kappa shape index (κ1) is 25.6. The van der Waals surface area contributed by atoms with E-state index in [2.05, 4.69) is 4.98 Å². The summed E-state index contributed by atoms with van der Waals surface area (Å²) < 4.78 is 12.3. The lowest BCUT2D eigenvalue weighted by Crippen LogP contribution is -2.45. The summed E-state index contributed by atoms with van der Waals surface area (Å²) in [5, 5.41) is 31.1. The third-order valence-electron chi connectivity index (χ3n) is 7.07. The van der Waals surface area contributed by atoms with Crippen LogP contribution in [0.3, 0.4) is 0 Å². The molecule has 196 valence electrons. The van der Waals surface area contributed by atoms with E-state index < -0.39 is 47.8 Å². The monoisotopic (exact) mass is 516 g/mol. The molecule has 4 atom stereocenters. The van der Waals surface area contributed by atoms with Crippen LogP contribution in [0.4, 0.5) is 0 Å². The number of H-pyrrole nitrogens is 1. The number of aromatic nitrogens is 2. The molecule has 0 bridgehead atoms. The van der Waals surface area contributed by atoms with Crippen LogP contribution in [0.15, 0.2) is 101 Å². The maximum absolute atomic E-state index is 13.5. The maximum atomic E-state index is 13.5. The second-order valence-corrected chi connectivity index (χ2v) is 9.13. The van der Waals surface area contributed by atoms with Crippen LogP contribution in [0.1, 0.15) is 28.6 Å². The number of methoxy groups -OCH3 is 1. The molecule has 1 fully saturated rings. The molecule has 9 heteroatoms. The summed E-state index contributed by atoms with van der Waals surface area (Å²) in [7, 11) is 1.56. The first-order valence-electron chi connectivity index (χ1n) is 12.2. The summed E-state index contributed by atoms with van der Waals surface area (Å²) >= 11 is 0. The van der Waals surface area contributed by atoms with Crippen molar-refractivity contribution in [1.82, 2.24) is 9.55 Å². The van der Waals surface area contributed by atoms with Crippen LogP contribution >= 0.6 is 0 Å². The summed E-state index contributed by atoms with van der Waals surface area (Å²) in [6.07, 6.45) is -5.49. The molecule has 0 radical (unpaired) electrons. The van der Waals surface area contributed by atoms with Gasteiger partial charge >= 0.3 is 5.69 Å². The highest BCUT2D eigenvalue weighted by atomic mass is 16.6. The highest BCUT2D eigenvalue weighted by Gasteiger charge is 2.48. The van der Waals surface area contributed by atoms with Crippen LogP contribution in [0.25, 0.3) is 0 Å². The lowest BCUT2D eigenvalue weighted by molar-refractivity contribution is -0.0568. The van der Waals surface area contributed by atoms with Gasteiger partial charge in [-0.3, -0.25) is 14.3 Å². The van der Waals surface area contributed by atoms with Crippen molar-refractivity contribution < 1.29 is 24.8 Å². The van der Waals surface area contributed by atoms with Gasteiger partial charge in [0.2, 0.25) is 0 Å². The quantitative estimate of drug-likeness (QED) is 0.274. The predicted molar refractivity (Wildman–Crippen MR) is 139 cm³/mol. The number of benzene rings is 3. The Bertz CT molecular complexity index is 1460. The van der Waals surface area contributed by atoms with Crippen molar-refractivity contribution in [3.05, 3.63) is 134 Å². The molecule has 0 aliphatic carbocycles. The van der Waals surface area contributed by atoms with Gasteiger partial charge in [-0.15, -0.1) is 0 Å². The second-order valence-electron chi connectivity index (χ2n) is 9.13. The van der Waals surface area contributed by atoms with Crippen LogP contribution in [-0.2, 0) is 10.2 Å². The van der Waals surface area contributed by atoms with Gasteiger partial charge in [0.15, 0.2) is 6.23 Å². The zero-order valence-corrected chi connectivity index (χ0v) is 20.6. The fourth-order valence-electron chi connectivity index (χ4n) is 5.30. The van der Waals surface area contributed by atoms with Gasteiger partial charge in [-0.25, -0.2) is 4.79 Å². The van der Waals surface area contributed by atoms with E-state index in [-0.39, 0.29) is 5.69 Å². The van der Waals surface area contributed by atoms with Gasteiger partial charge in [-0.1, -0.05) is 72.8 Å². The lowest BCUT2D eigenvalue weighted by atomic mass is 9.67. The van der Waals surface area contributed by atoms with Crippen LogP contribution < -0.4 is 16.0 Å². The van der Waals surface area contributed by atoms with E-state index >= 15 is 0 Å². The highest BCUT2D eigenvalue weighted by Crippen LogP contribution is 2.46. The summed E-state index contributed by atoms with van der Waals surface area (Å²) in [4.78, 5) is 28.7. The van der Waals surface area contributed by atoms with Gasteiger partial charge in [0.1, 0.15) is 24.1 Å². The molecule has 9 nitrogen and oxygen atoms in total. The van der Waals surface area contributed by atoms with Crippen LogP contribution in [0.5, 0.6) is 5.75 Å². The molecule has 0 saturated carbocycles. The maximum Gasteiger partial charge on any atom is 0.330 e. The molecule has 1 aliphatic rings. The Balaban J connectivity index is 1.93. The molecule has 4 N–H and O–H groups in total. The topological polar surface area (TPSA) is 134 Å². The number of rotatable bonds is 7. The minimum atomic E-state index is -1.55. The number of ether oxygens (including phenoxy) is 2. The number of nitrogens with zero attached hydrogens (tertiary/aromatic N) is 1. The number of hydrogen-bond acceptors (Lipinski definition) is 7. The molecular weight excluding hydrogens is 488 g/mol. The molecule has 1 aliphatic heterocycles. The van der Waals surface area contributed by atoms with Crippen molar-refractivity contribution >= 4 is 0 Å². The minimum absolute atomic E-state index is 0.212. The number of aliphatic hydroxyl groups is 3. The first-order chi connectivity index (χ1) is 18.4. The van der Waals surface area contributed by atoms with Crippen molar-refractivity contribution in [3.8, 4) is 5.75 Å². The van der Waals surface area contributed by atoms with Crippen molar-refractivity contribution in [2.24, 2.45) is 0 Å². The largest absolute Gasteiger partial charge is 0.497 e. The Morgan fingerprint density at radius 1 is 0.868 bits per heavy atom. The van der Waals surface area contributed by atoms with Crippen LogP contribution in [0.2, 0.25) is 0 Å². The fourth-order valence-corrected chi connectivity index (χ4v) is 5.30. The zero-order chi connectivity index (χ0) is 26.9. The summed E-state index contributed by atoms with van der Waals surface area (Å²) in [5.41, 5.74) is -0.313. The number of nitrogens with one attached hydrogen (secondary N) is 1. The SMILES string of the molecule is COc1ccc(C(c2ccccc2)(c2ccccc2)c2cc(=O)[nH]c(=O)n2[C@H]2O[C@@H](CO)C(O)C2O)cc1. The molecule has 1 aromatic heterocycles. The van der Waals surface area contributed by atoms with Crippen LogP contribution in [-0.4, -0.2) is 56.9 Å². The average Bonchev–Trinajstić information content (AvgIpc) is 3.23. The second kappa shape index (κ2) is 10.4. The summed E-state index contributed by atoms with van der Waals surface area (Å²) in [6.45, 7) is -0.566. The van der Waals surface area contributed by atoms with Gasteiger partial charge in [0.25, 0.3) is 5.56 Å². The molecule has 2 unspecified atom stereocenters. The van der Waals surface area contributed by atoms with E-state index in [1.54, 1.807) is 19.2 Å². The van der Waals surface area contributed by atoms with E-state index in [1.807, 2.05) is 72.8 Å². The summed E-state index contributed by atoms with van der Waals surface area (Å²) in [5.74, 6) is 0.621. The smallest absolute Gasteiger partial charge is 0.330 e. The van der Waals surface area contributed by atoms with E-state index in [0.717, 1.165) is 15.7 Å². The molecule has 4 aromatic rings. The number of aliphatic hydroxyl groups excluding tert-OH is 3. The standard InChI is InChI=1S/C29H28N2O7/c1-37-21-14-12-20(13-15-21)29(18-8-4-2-5-9-18,19-10-6-3-7-11-19)23-16-24(33)30-28(36)31(23)27-26(35)25(34)22(17-32)38-27/h2-16,22,25-27,32,34-35H,17H2,1H3,(H,30,33,36)/t22-,25?,26?,27-/m0/s1. The molecule has 38 heavy (non-hydrogen) atoms. The molecule has 0 spiro atoms. The van der Waals surface area contributed by atoms with E-state index in [4.69, 9.17) is 9.47 Å². The molecule has 0 amide bonds. The fraction of sp³-hybridized carbons (Fsp3) is 0.241. The average molecular weight is 517 g/mol. The Morgan fingerprint density at radius 3 is 1.92 bits per heavy atom. The van der Waals surface area contributed by atoms with Gasteiger partial charge in [0.05, 0.1) is 24.8 Å². The Morgan fingerprint density at radius 2 is 1.42 bits per heavy atom. The molecule has 2 heterocycles. The number of hydrogen-bond donors (Lipinski definition) is 4. The third-order valence-corrected chi connectivity index (χ3v) is 7.07. The Kier molecular flexibility index (Phi) is 7.00. The van der Waals surface area contributed by atoms with Crippen molar-refractivity contribution in [3.63, 3.8) is 0 Å². The van der Waals surface area contributed by atoms with Gasteiger partial charge < -0.3 is 24.8 Å². The molecule has 5 rings (SSSR count). The Hall–Kier alpha value is -4.02. The van der Waals surface area contributed by atoms with Crippen molar-refractivity contribution in [2.75, 3.05) is 13.7 Å². The van der Waals surface area contributed by atoms with E-state index in [1.165, 1.54) is 6.07 Å². The van der Waals surface area contributed by atoms with Crippen LogP contribution in [0, 0.1) is 0 Å².